The zero-order valence-corrected chi connectivity index (χ0v) is 15.9. The Balaban J connectivity index is 1.33. The van der Waals surface area contributed by atoms with E-state index in [1.807, 2.05) is 36.4 Å². The molecule has 1 aliphatic rings. The molecule has 0 saturated carbocycles. The minimum absolute atomic E-state index is 0.268. The first-order chi connectivity index (χ1) is 13.7. The molecule has 0 bridgehead atoms. The lowest BCUT2D eigenvalue weighted by atomic mass is 10.0. The van der Waals surface area contributed by atoms with Gasteiger partial charge in [-0.2, -0.15) is 9.97 Å². The summed E-state index contributed by atoms with van der Waals surface area (Å²) in [6, 6.07) is 22.9. The molecule has 0 spiro atoms. The Kier molecular flexibility index (Phi) is 5.68. The van der Waals surface area contributed by atoms with Crippen molar-refractivity contribution in [3.05, 3.63) is 72.3 Å². The van der Waals surface area contributed by atoms with Crippen LogP contribution in [0.2, 0.25) is 0 Å². The fourth-order valence-corrected chi connectivity index (χ4v) is 3.56. The molecule has 0 unspecified atom stereocenters. The van der Waals surface area contributed by atoms with Gasteiger partial charge >= 0.3 is 0 Å². The number of hydrogen-bond donors (Lipinski definition) is 3. The monoisotopic (exact) mass is 374 g/mol. The molecule has 144 valence electrons. The number of nitrogens with zero attached hydrogens (tertiary/aromatic N) is 3. The molecule has 6 heteroatoms. The molecule has 3 aromatic rings. The van der Waals surface area contributed by atoms with Gasteiger partial charge in [-0.25, -0.2) is 0 Å². The number of para-hydroxylation sites is 1. The highest BCUT2D eigenvalue weighted by molar-refractivity contribution is 5.60. The Bertz CT molecular complexity index is 876. The quantitative estimate of drug-likeness (QED) is 0.608. The smallest absolute Gasteiger partial charge is 0.223 e. The molecule has 1 aromatic heterocycles. The molecule has 0 amide bonds. The molecule has 6 nitrogen and oxygen atoms in total. The maximum Gasteiger partial charge on any atom is 0.223 e. The molecule has 1 saturated heterocycles. The van der Waals surface area contributed by atoms with Crippen LogP contribution in [0.15, 0.2) is 66.7 Å². The van der Waals surface area contributed by atoms with E-state index < -0.39 is 0 Å². The highest BCUT2D eigenvalue weighted by atomic mass is 15.2. The lowest BCUT2D eigenvalue weighted by Gasteiger charge is -2.32. The third kappa shape index (κ3) is 4.98. The van der Waals surface area contributed by atoms with Crippen LogP contribution < -0.4 is 16.4 Å². The Morgan fingerprint density at radius 3 is 2.25 bits per heavy atom. The molecule has 1 fully saturated rings. The summed E-state index contributed by atoms with van der Waals surface area (Å²) in [6.07, 6.45) is 2.16. The molecule has 2 heterocycles. The maximum absolute atomic E-state index is 5.92. The third-order valence-corrected chi connectivity index (χ3v) is 4.98. The zero-order chi connectivity index (χ0) is 19.2. The first kappa shape index (κ1) is 18.3. The molecule has 2 aromatic carbocycles. The Morgan fingerprint density at radius 1 is 0.893 bits per heavy atom. The molecule has 0 aliphatic carbocycles. The van der Waals surface area contributed by atoms with Gasteiger partial charge in [-0.05, 0) is 30.5 Å². The van der Waals surface area contributed by atoms with E-state index in [1.165, 1.54) is 5.56 Å². The minimum atomic E-state index is 0.268. The van der Waals surface area contributed by atoms with Crippen LogP contribution in [0.1, 0.15) is 18.4 Å². The first-order valence-electron chi connectivity index (χ1n) is 9.74. The normalized spacial score (nSPS) is 15.3. The summed E-state index contributed by atoms with van der Waals surface area (Å²) >= 11 is 0. The average Bonchev–Trinajstić information content (AvgIpc) is 2.71. The summed E-state index contributed by atoms with van der Waals surface area (Å²) < 4.78 is 0. The molecule has 0 atom stereocenters. The van der Waals surface area contributed by atoms with Crippen LogP contribution in [-0.4, -0.2) is 34.0 Å². The van der Waals surface area contributed by atoms with Crippen molar-refractivity contribution in [2.45, 2.75) is 25.4 Å². The maximum atomic E-state index is 5.92. The van der Waals surface area contributed by atoms with E-state index in [0.717, 1.165) is 44.0 Å². The SMILES string of the molecule is Nc1nc(Nc2ccccc2)cc(NC2CCN(Cc3ccccc3)CC2)n1. The molecule has 28 heavy (non-hydrogen) atoms. The van der Waals surface area contributed by atoms with E-state index in [4.69, 9.17) is 5.73 Å². The Morgan fingerprint density at radius 2 is 1.54 bits per heavy atom. The van der Waals surface area contributed by atoms with Crippen molar-refractivity contribution >= 4 is 23.3 Å². The van der Waals surface area contributed by atoms with Gasteiger partial charge in [0.25, 0.3) is 0 Å². The zero-order valence-electron chi connectivity index (χ0n) is 15.9. The van der Waals surface area contributed by atoms with Crippen molar-refractivity contribution in [3.8, 4) is 0 Å². The van der Waals surface area contributed by atoms with E-state index in [1.54, 1.807) is 0 Å². The van der Waals surface area contributed by atoms with E-state index in [2.05, 4.69) is 55.8 Å². The molecule has 4 N–H and O–H groups in total. The van der Waals surface area contributed by atoms with Crippen LogP contribution in [0.3, 0.4) is 0 Å². The lowest BCUT2D eigenvalue weighted by Crippen LogP contribution is -2.38. The second kappa shape index (κ2) is 8.71. The van der Waals surface area contributed by atoms with Crippen molar-refractivity contribution in [1.82, 2.24) is 14.9 Å². The predicted molar refractivity (Wildman–Crippen MR) is 115 cm³/mol. The van der Waals surface area contributed by atoms with Gasteiger partial charge in [-0.15, -0.1) is 0 Å². The molecular formula is C22H26N6. The van der Waals surface area contributed by atoms with Crippen LogP contribution in [0.5, 0.6) is 0 Å². The standard InChI is InChI=1S/C22H26N6/c23-22-26-20(24-18-9-5-2-6-10-18)15-21(27-22)25-19-11-13-28(14-12-19)16-17-7-3-1-4-8-17/h1-10,15,19H,11-14,16H2,(H4,23,24,25,26,27). The van der Waals surface area contributed by atoms with Crippen molar-refractivity contribution in [1.29, 1.82) is 0 Å². The summed E-state index contributed by atoms with van der Waals surface area (Å²) in [7, 11) is 0. The second-order valence-corrected chi connectivity index (χ2v) is 7.17. The Hall–Kier alpha value is -3.12. The van der Waals surface area contributed by atoms with Crippen molar-refractivity contribution in [2.24, 2.45) is 0 Å². The number of piperidine rings is 1. The number of nitrogens with two attached hydrogens (primary N) is 1. The fourth-order valence-electron chi connectivity index (χ4n) is 3.56. The van der Waals surface area contributed by atoms with Crippen LogP contribution >= 0.6 is 0 Å². The number of nitrogens with one attached hydrogen (secondary N) is 2. The van der Waals surface area contributed by atoms with E-state index in [9.17, 15) is 0 Å². The summed E-state index contributed by atoms with van der Waals surface area (Å²) in [5.41, 5.74) is 8.26. The number of anilines is 4. The summed E-state index contributed by atoms with van der Waals surface area (Å²) in [4.78, 5) is 11.2. The van der Waals surface area contributed by atoms with Gasteiger partial charge in [0.05, 0.1) is 0 Å². The number of hydrogen-bond acceptors (Lipinski definition) is 6. The van der Waals surface area contributed by atoms with Gasteiger partial charge in [0.15, 0.2) is 0 Å². The average molecular weight is 374 g/mol. The molecular weight excluding hydrogens is 348 g/mol. The van der Waals surface area contributed by atoms with Crippen molar-refractivity contribution < 1.29 is 0 Å². The summed E-state index contributed by atoms with van der Waals surface area (Å²) in [5, 5.41) is 6.81. The van der Waals surface area contributed by atoms with Crippen LogP contribution in [0, 0.1) is 0 Å². The Labute approximate surface area is 165 Å². The topological polar surface area (TPSA) is 79.1 Å². The van der Waals surface area contributed by atoms with Gasteiger partial charge in [0, 0.05) is 37.4 Å². The number of likely N-dealkylation sites (tertiary alicyclic amines) is 1. The van der Waals surface area contributed by atoms with Gasteiger partial charge in [-0.3, -0.25) is 4.90 Å². The molecule has 4 rings (SSSR count). The number of aromatic nitrogens is 2. The van der Waals surface area contributed by atoms with Crippen LogP contribution in [0.25, 0.3) is 0 Å². The largest absolute Gasteiger partial charge is 0.368 e. The highest BCUT2D eigenvalue weighted by Crippen LogP contribution is 2.21. The minimum Gasteiger partial charge on any atom is -0.368 e. The van der Waals surface area contributed by atoms with Gasteiger partial charge < -0.3 is 16.4 Å². The van der Waals surface area contributed by atoms with Gasteiger partial charge in [0.2, 0.25) is 5.95 Å². The van der Waals surface area contributed by atoms with Crippen LogP contribution in [-0.2, 0) is 6.54 Å². The predicted octanol–water partition coefficient (Wildman–Crippen LogP) is 3.88. The van der Waals surface area contributed by atoms with E-state index in [0.29, 0.717) is 11.9 Å². The van der Waals surface area contributed by atoms with Crippen molar-refractivity contribution in [3.63, 3.8) is 0 Å². The molecule has 0 radical (unpaired) electrons. The van der Waals surface area contributed by atoms with E-state index in [-0.39, 0.29) is 5.95 Å². The number of nitrogen functional groups attached to an aromatic ring is 1. The van der Waals surface area contributed by atoms with Gasteiger partial charge in [-0.1, -0.05) is 48.5 Å². The van der Waals surface area contributed by atoms with E-state index >= 15 is 0 Å². The van der Waals surface area contributed by atoms with Crippen molar-refractivity contribution in [2.75, 3.05) is 29.5 Å². The highest BCUT2D eigenvalue weighted by Gasteiger charge is 2.19. The summed E-state index contributed by atoms with van der Waals surface area (Å²) in [5.74, 6) is 1.74. The number of benzene rings is 2. The second-order valence-electron chi connectivity index (χ2n) is 7.17. The fraction of sp³-hybridized carbons (Fsp3) is 0.273. The van der Waals surface area contributed by atoms with Crippen LogP contribution in [0.4, 0.5) is 23.3 Å². The third-order valence-electron chi connectivity index (χ3n) is 4.98. The summed E-state index contributed by atoms with van der Waals surface area (Å²) in [6.45, 7) is 3.16. The first-order valence-corrected chi connectivity index (χ1v) is 9.74. The number of rotatable bonds is 6. The lowest BCUT2D eigenvalue weighted by molar-refractivity contribution is 0.211. The molecule has 1 aliphatic heterocycles. The van der Waals surface area contributed by atoms with Gasteiger partial charge in [0.1, 0.15) is 11.6 Å².